The van der Waals surface area contributed by atoms with Crippen molar-refractivity contribution in [3.8, 4) is 0 Å². The maximum Gasteiger partial charge on any atom is 0.261 e. The largest absolute Gasteiger partial charge is 0.371 e. The van der Waals surface area contributed by atoms with Crippen molar-refractivity contribution >= 4 is 16.8 Å². The SMILES string of the molecule is CC(O)(CC1CCN(C2C3CC4CC(C3)CC2C4)C1)NC(=O)c1cc2ccccc2[nH]c1=O. The van der Waals surface area contributed by atoms with Gasteiger partial charge in [0.2, 0.25) is 0 Å². The lowest BCUT2D eigenvalue weighted by atomic mass is 9.54. The molecular weight excluding hydrogens is 414 g/mol. The van der Waals surface area contributed by atoms with E-state index in [1.54, 1.807) is 13.0 Å². The second-order valence-electron chi connectivity index (χ2n) is 11.6. The molecule has 1 amide bonds. The van der Waals surface area contributed by atoms with Crippen LogP contribution in [0.2, 0.25) is 0 Å². The summed E-state index contributed by atoms with van der Waals surface area (Å²) in [5, 5.41) is 14.6. The molecule has 5 aliphatic rings. The molecule has 7 rings (SSSR count). The normalized spacial score (nSPS) is 35.1. The molecule has 1 aliphatic heterocycles. The Morgan fingerprint density at radius 1 is 1.15 bits per heavy atom. The molecule has 3 N–H and O–H groups in total. The van der Waals surface area contributed by atoms with Crippen molar-refractivity contribution in [3.05, 3.63) is 46.2 Å². The van der Waals surface area contributed by atoms with Gasteiger partial charge in [-0.3, -0.25) is 14.5 Å². The summed E-state index contributed by atoms with van der Waals surface area (Å²) in [6, 6.07) is 9.72. The summed E-state index contributed by atoms with van der Waals surface area (Å²) < 4.78 is 0. The third-order valence-corrected chi connectivity index (χ3v) is 8.98. The van der Waals surface area contributed by atoms with Crippen LogP contribution in [0.3, 0.4) is 0 Å². The van der Waals surface area contributed by atoms with Crippen LogP contribution >= 0.6 is 0 Å². The number of fused-ring (bicyclic) bond motifs is 1. The van der Waals surface area contributed by atoms with Gasteiger partial charge >= 0.3 is 0 Å². The quantitative estimate of drug-likeness (QED) is 0.610. The van der Waals surface area contributed by atoms with Crippen LogP contribution in [0.15, 0.2) is 35.1 Å². The lowest BCUT2D eigenvalue weighted by Crippen LogP contribution is -2.55. The highest BCUT2D eigenvalue weighted by Gasteiger charge is 2.51. The zero-order chi connectivity index (χ0) is 22.7. The molecule has 1 saturated heterocycles. The Morgan fingerprint density at radius 3 is 2.58 bits per heavy atom. The molecule has 176 valence electrons. The smallest absolute Gasteiger partial charge is 0.261 e. The Labute approximate surface area is 194 Å². The van der Waals surface area contributed by atoms with Crippen LogP contribution in [0.25, 0.3) is 10.9 Å². The van der Waals surface area contributed by atoms with Crippen molar-refractivity contribution in [2.45, 2.75) is 63.6 Å². The standard InChI is InChI=1S/C27H35N3O3/c1-27(33,29-26(32)22-13-19-4-2-3-5-23(19)28-25(22)31)14-16-6-7-30(15-16)24-20-9-17-8-18(11-20)12-21(24)10-17/h2-5,13,16-18,20-21,24,33H,6-12,14-15H2,1H3,(H,28,31)(H,29,32). The molecule has 2 unspecified atom stereocenters. The summed E-state index contributed by atoms with van der Waals surface area (Å²) >= 11 is 0. The first-order valence-electron chi connectivity index (χ1n) is 12.8. The number of carbonyl (C=O) groups excluding carboxylic acids is 1. The van der Waals surface area contributed by atoms with Crippen molar-refractivity contribution in [1.82, 2.24) is 15.2 Å². The number of amides is 1. The van der Waals surface area contributed by atoms with E-state index >= 15 is 0 Å². The van der Waals surface area contributed by atoms with Crippen molar-refractivity contribution in [2.75, 3.05) is 13.1 Å². The monoisotopic (exact) mass is 449 g/mol. The number of nitrogens with one attached hydrogen (secondary N) is 2. The number of aliphatic hydroxyl groups is 1. The molecule has 0 radical (unpaired) electrons. The second kappa shape index (κ2) is 7.95. The molecule has 6 heteroatoms. The van der Waals surface area contributed by atoms with Gasteiger partial charge in [0.1, 0.15) is 11.3 Å². The number of para-hydroxylation sites is 1. The first-order valence-corrected chi connectivity index (χ1v) is 12.8. The molecule has 1 aromatic heterocycles. The van der Waals surface area contributed by atoms with Gasteiger partial charge in [-0.15, -0.1) is 0 Å². The molecule has 2 aromatic rings. The fourth-order valence-corrected chi connectivity index (χ4v) is 8.03. The lowest BCUT2D eigenvalue weighted by Gasteiger charge is -2.56. The van der Waals surface area contributed by atoms with E-state index in [9.17, 15) is 14.7 Å². The Hall–Kier alpha value is -2.18. The van der Waals surface area contributed by atoms with Gasteiger partial charge in [-0.2, -0.15) is 0 Å². The fourth-order valence-electron chi connectivity index (χ4n) is 8.03. The van der Waals surface area contributed by atoms with Gasteiger partial charge in [0.25, 0.3) is 11.5 Å². The number of pyridine rings is 1. The molecular formula is C27H35N3O3. The Kier molecular flexibility index (Phi) is 5.15. The van der Waals surface area contributed by atoms with E-state index in [4.69, 9.17) is 0 Å². The van der Waals surface area contributed by atoms with Gasteiger partial charge in [-0.25, -0.2) is 0 Å². The van der Waals surface area contributed by atoms with Crippen LogP contribution in [-0.4, -0.2) is 45.8 Å². The molecule has 33 heavy (non-hydrogen) atoms. The van der Waals surface area contributed by atoms with E-state index in [0.717, 1.165) is 54.6 Å². The van der Waals surface area contributed by atoms with Crippen LogP contribution in [0.4, 0.5) is 0 Å². The Morgan fingerprint density at radius 2 is 1.85 bits per heavy atom. The zero-order valence-electron chi connectivity index (χ0n) is 19.4. The second-order valence-corrected chi connectivity index (χ2v) is 11.6. The summed E-state index contributed by atoms with van der Waals surface area (Å²) in [5.74, 6) is 3.54. The highest BCUT2D eigenvalue weighted by Crippen LogP contribution is 2.55. The van der Waals surface area contributed by atoms with Gasteiger partial charge < -0.3 is 15.4 Å². The highest BCUT2D eigenvalue weighted by molar-refractivity contribution is 5.97. The molecule has 5 fully saturated rings. The minimum absolute atomic E-state index is 0.0376. The van der Waals surface area contributed by atoms with E-state index in [-0.39, 0.29) is 5.56 Å². The summed E-state index contributed by atoms with van der Waals surface area (Å²) in [7, 11) is 0. The molecule has 4 bridgehead atoms. The first-order chi connectivity index (χ1) is 15.8. The molecule has 2 atom stereocenters. The number of aromatic amines is 1. The van der Waals surface area contributed by atoms with E-state index < -0.39 is 17.2 Å². The fraction of sp³-hybridized carbons (Fsp3) is 0.630. The van der Waals surface area contributed by atoms with Gasteiger partial charge in [0, 0.05) is 18.1 Å². The predicted molar refractivity (Wildman–Crippen MR) is 128 cm³/mol. The van der Waals surface area contributed by atoms with Crippen molar-refractivity contribution in [2.24, 2.45) is 29.6 Å². The van der Waals surface area contributed by atoms with Crippen LogP contribution in [0, 0.1) is 29.6 Å². The number of rotatable bonds is 5. The van der Waals surface area contributed by atoms with Gasteiger partial charge in [-0.1, -0.05) is 18.2 Å². The molecule has 6 nitrogen and oxygen atoms in total. The van der Waals surface area contributed by atoms with Gasteiger partial charge in [0.05, 0.1) is 0 Å². The highest BCUT2D eigenvalue weighted by atomic mass is 16.3. The summed E-state index contributed by atoms with van der Waals surface area (Å²) in [5.41, 5.74) is -1.05. The number of benzene rings is 1. The van der Waals surface area contributed by atoms with Gasteiger partial charge in [-0.05, 0) is 106 Å². The molecule has 4 saturated carbocycles. The maximum absolute atomic E-state index is 12.9. The topological polar surface area (TPSA) is 85.4 Å². The third-order valence-electron chi connectivity index (χ3n) is 8.98. The number of hydrogen-bond acceptors (Lipinski definition) is 4. The summed E-state index contributed by atoms with van der Waals surface area (Å²) in [4.78, 5) is 30.8. The summed E-state index contributed by atoms with van der Waals surface area (Å²) in [6.07, 6.45) is 8.74. The Bertz CT molecular complexity index is 1100. The minimum Gasteiger partial charge on any atom is -0.371 e. The lowest BCUT2D eigenvalue weighted by molar-refractivity contribution is -0.0606. The van der Waals surface area contributed by atoms with E-state index in [2.05, 4.69) is 15.2 Å². The molecule has 4 aliphatic carbocycles. The average Bonchev–Trinajstić information content (AvgIpc) is 3.19. The van der Waals surface area contributed by atoms with Crippen LogP contribution in [-0.2, 0) is 0 Å². The van der Waals surface area contributed by atoms with E-state index in [1.807, 2.05) is 24.3 Å². The van der Waals surface area contributed by atoms with Crippen LogP contribution < -0.4 is 10.9 Å². The van der Waals surface area contributed by atoms with Crippen molar-refractivity contribution in [1.29, 1.82) is 0 Å². The number of H-pyrrole nitrogens is 1. The third kappa shape index (κ3) is 4.01. The van der Waals surface area contributed by atoms with Gasteiger partial charge in [0.15, 0.2) is 0 Å². The number of nitrogens with zero attached hydrogens (tertiary/aromatic N) is 1. The molecule has 1 aromatic carbocycles. The van der Waals surface area contributed by atoms with Crippen LogP contribution in [0.1, 0.15) is 62.2 Å². The molecule has 0 spiro atoms. The minimum atomic E-state index is -1.35. The van der Waals surface area contributed by atoms with Crippen LogP contribution in [0.5, 0.6) is 0 Å². The van der Waals surface area contributed by atoms with E-state index in [0.29, 0.717) is 17.9 Å². The first kappa shape index (κ1) is 21.4. The predicted octanol–water partition coefficient (Wildman–Crippen LogP) is 3.50. The maximum atomic E-state index is 12.9. The summed E-state index contributed by atoms with van der Waals surface area (Å²) in [6.45, 7) is 3.77. The molecule has 2 heterocycles. The number of likely N-dealkylation sites (tertiary alicyclic amines) is 1. The van der Waals surface area contributed by atoms with Crippen molar-refractivity contribution in [3.63, 3.8) is 0 Å². The van der Waals surface area contributed by atoms with Crippen molar-refractivity contribution < 1.29 is 9.90 Å². The van der Waals surface area contributed by atoms with E-state index in [1.165, 1.54) is 32.1 Å². The Balaban J connectivity index is 1.10. The number of aromatic nitrogens is 1. The average molecular weight is 450 g/mol. The number of hydrogen-bond donors (Lipinski definition) is 3. The number of carbonyl (C=O) groups is 1. The zero-order valence-corrected chi connectivity index (χ0v) is 19.4.